The van der Waals surface area contributed by atoms with E-state index in [-0.39, 0.29) is 6.10 Å². The summed E-state index contributed by atoms with van der Waals surface area (Å²) >= 11 is 1.62. The minimum atomic E-state index is -0.186. The third-order valence-electron chi connectivity index (χ3n) is 4.29. The third-order valence-corrected chi connectivity index (χ3v) is 5.30. The number of piperidine rings is 1. The molecule has 1 fully saturated rings. The number of aromatic nitrogens is 2. The molecule has 3 aromatic rings. The number of furan rings is 1. The number of nitrogens with zero attached hydrogens (tertiary/aromatic N) is 3. The van der Waals surface area contributed by atoms with Crippen molar-refractivity contribution in [2.45, 2.75) is 25.5 Å². The molecule has 0 radical (unpaired) electrons. The molecule has 6 nitrogen and oxygen atoms in total. The zero-order valence-electron chi connectivity index (χ0n) is 13.8. The van der Waals surface area contributed by atoms with E-state index in [2.05, 4.69) is 20.2 Å². The van der Waals surface area contributed by atoms with Gasteiger partial charge >= 0.3 is 0 Å². The number of thiazole rings is 1. The van der Waals surface area contributed by atoms with Crippen molar-refractivity contribution in [3.8, 4) is 10.8 Å². The monoisotopic (exact) mass is 356 g/mol. The highest BCUT2D eigenvalue weighted by molar-refractivity contribution is 7.14. The maximum Gasteiger partial charge on any atom is 0.162 e. The lowest BCUT2D eigenvalue weighted by molar-refractivity contribution is 0.145. The largest absolute Gasteiger partial charge is 0.462 e. The average molecular weight is 356 g/mol. The summed E-state index contributed by atoms with van der Waals surface area (Å²) in [6.45, 7) is 2.35. The average Bonchev–Trinajstić information content (AvgIpc) is 3.32. The number of aliphatic hydroxyl groups excluding tert-OH is 1. The molecular formula is C18H20N4O2S. The Morgan fingerprint density at radius 1 is 1.24 bits per heavy atom. The predicted molar refractivity (Wildman–Crippen MR) is 98.8 cm³/mol. The topological polar surface area (TPSA) is 74.4 Å². The first-order valence-corrected chi connectivity index (χ1v) is 9.22. The smallest absolute Gasteiger partial charge is 0.162 e. The second-order valence-electron chi connectivity index (χ2n) is 6.06. The van der Waals surface area contributed by atoms with Crippen molar-refractivity contribution < 1.29 is 9.52 Å². The fourth-order valence-electron chi connectivity index (χ4n) is 2.95. The van der Waals surface area contributed by atoms with E-state index in [4.69, 9.17) is 4.42 Å². The summed E-state index contributed by atoms with van der Waals surface area (Å²) in [5.41, 5.74) is 1.01. The number of anilines is 2. The molecule has 4 heterocycles. The van der Waals surface area contributed by atoms with Gasteiger partial charge in [0.2, 0.25) is 0 Å². The normalized spacial score (nSPS) is 15.5. The van der Waals surface area contributed by atoms with E-state index >= 15 is 0 Å². The summed E-state index contributed by atoms with van der Waals surface area (Å²) < 4.78 is 5.39. The van der Waals surface area contributed by atoms with Crippen molar-refractivity contribution >= 4 is 22.8 Å². The van der Waals surface area contributed by atoms with Crippen molar-refractivity contribution in [3.05, 3.63) is 47.8 Å². The van der Waals surface area contributed by atoms with Gasteiger partial charge in [0.15, 0.2) is 16.6 Å². The summed E-state index contributed by atoms with van der Waals surface area (Å²) in [4.78, 5) is 12.3. The van der Waals surface area contributed by atoms with Crippen LogP contribution in [-0.2, 0) is 6.54 Å². The summed E-state index contributed by atoms with van der Waals surface area (Å²) in [6, 6.07) is 7.76. The van der Waals surface area contributed by atoms with Crippen molar-refractivity contribution in [2.24, 2.45) is 0 Å². The first-order valence-electron chi connectivity index (χ1n) is 8.40. The Kier molecular flexibility index (Phi) is 4.67. The fraction of sp³-hybridized carbons (Fsp3) is 0.333. The summed E-state index contributed by atoms with van der Waals surface area (Å²) in [7, 11) is 0. The van der Waals surface area contributed by atoms with Crippen molar-refractivity contribution in [1.29, 1.82) is 0 Å². The maximum absolute atomic E-state index is 9.70. The number of rotatable bonds is 5. The van der Waals surface area contributed by atoms with Gasteiger partial charge in [-0.2, -0.15) is 0 Å². The summed E-state index contributed by atoms with van der Waals surface area (Å²) in [5, 5.41) is 14.1. The Bertz CT molecular complexity index is 810. The van der Waals surface area contributed by atoms with Gasteiger partial charge in [-0.1, -0.05) is 0 Å². The molecule has 2 N–H and O–H groups in total. The summed E-state index contributed by atoms with van der Waals surface area (Å²) in [5.74, 6) is 1.75. The third kappa shape index (κ3) is 3.67. The van der Waals surface area contributed by atoms with Crippen LogP contribution in [0.25, 0.3) is 10.8 Å². The standard InChI is InChI=1S/C18H20N4O2S/c23-13-5-8-22(9-6-13)17-15(3-1-7-19-17)20-11-14-12-21-18(25-14)16-4-2-10-24-16/h1-4,7,10,12-13,20,23H,5-6,8-9,11H2. The number of pyridine rings is 1. The maximum atomic E-state index is 9.70. The fourth-order valence-corrected chi connectivity index (χ4v) is 3.77. The minimum Gasteiger partial charge on any atom is -0.462 e. The van der Waals surface area contributed by atoms with Crippen molar-refractivity contribution in [2.75, 3.05) is 23.3 Å². The summed E-state index contributed by atoms with van der Waals surface area (Å²) in [6.07, 6.45) is 6.74. The van der Waals surface area contributed by atoms with Crippen LogP contribution in [0.5, 0.6) is 0 Å². The molecule has 0 aliphatic carbocycles. The van der Waals surface area contributed by atoms with Crippen LogP contribution < -0.4 is 10.2 Å². The number of aliphatic hydroxyl groups is 1. The number of hydrogen-bond acceptors (Lipinski definition) is 7. The molecule has 0 bridgehead atoms. The lowest BCUT2D eigenvalue weighted by atomic mass is 10.1. The van der Waals surface area contributed by atoms with Crippen LogP contribution in [0.15, 0.2) is 47.3 Å². The Morgan fingerprint density at radius 3 is 2.92 bits per heavy atom. The van der Waals surface area contributed by atoms with Gasteiger partial charge in [0.25, 0.3) is 0 Å². The molecule has 7 heteroatoms. The SMILES string of the molecule is OC1CCN(c2ncccc2NCc2cnc(-c3ccco3)s2)CC1. The Balaban J connectivity index is 1.45. The molecule has 3 aromatic heterocycles. The lowest BCUT2D eigenvalue weighted by Gasteiger charge is -2.31. The van der Waals surface area contributed by atoms with Crippen molar-refractivity contribution in [1.82, 2.24) is 9.97 Å². The molecule has 0 spiro atoms. The zero-order chi connectivity index (χ0) is 17.1. The van der Waals surface area contributed by atoms with E-state index in [0.717, 1.165) is 53.1 Å². The van der Waals surface area contributed by atoms with Crippen LogP contribution >= 0.6 is 11.3 Å². The molecule has 1 aliphatic heterocycles. The molecule has 1 aliphatic rings. The van der Waals surface area contributed by atoms with E-state index < -0.39 is 0 Å². The first-order chi connectivity index (χ1) is 12.3. The highest BCUT2D eigenvalue weighted by Crippen LogP contribution is 2.29. The quantitative estimate of drug-likeness (QED) is 0.730. The van der Waals surface area contributed by atoms with Crippen LogP contribution in [0.2, 0.25) is 0 Å². The van der Waals surface area contributed by atoms with Crippen LogP contribution in [-0.4, -0.2) is 34.3 Å². The van der Waals surface area contributed by atoms with Crippen LogP contribution in [0.1, 0.15) is 17.7 Å². The molecule has 25 heavy (non-hydrogen) atoms. The second-order valence-corrected chi connectivity index (χ2v) is 7.17. The zero-order valence-corrected chi connectivity index (χ0v) is 14.6. The van der Waals surface area contributed by atoms with E-state index in [9.17, 15) is 5.11 Å². The van der Waals surface area contributed by atoms with E-state index in [1.165, 1.54) is 0 Å². The van der Waals surface area contributed by atoms with Crippen LogP contribution in [0, 0.1) is 0 Å². The lowest BCUT2D eigenvalue weighted by Crippen LogP contribution is -2.36. The van der Waals surface area contributed by atoms with E-state index in [1.54, 1.807) is 17.6 Å². The molecule has 0 aromatic carbocycles. The molecule has 0 amide bonds. The van der Waals surface area contributed by atoms with Gasteiger partial charge in [0.1, 0.15) is 0 Å². The number of nitrogens with one attached hydrogen (secondary N) is 1. The van der Waals surface area contributed by atoms with Gasteiger partial charge in [-0.3, -0.25) is 0 Å². The highest BCUT2D eigenvalue weighted by atomic mass is 32.1. The molecular weight excluding hydrogens is 336 g/mol. The first kappa shape index (κ1) is 16.1. The van der Waals surface area contributed by atoms with Gasteiger partial charge in [0.05, 0.1) is 24.6 Å². The molecule has 130 valence electrons. The Labute approximate surface area is 150 Å². The van der Waals surface area contributed by atoms with Crippen molar-refractivity contribution in [3.63, 3.8) is 0 Å². The molecule has 4 rings (SSSR count). The number of hydrogen-bond donors (Lipinski definition) is 2. The Morgan fingerprint density at radius 2 is 2.12 bits per heavy atom. The molecule has 1 saturated heterocycles. The Hall–Kier alpha value is -2.38. The molecule has 0 unspecified atom stereocenters. The van der Waals surface area contributed by atoms with Gasteiger partial charge in [-0.05, 0) is 37.1 Å². The van der Waals surface area contributed by atoms with Gasteiger partial charge in [-0.25, -0.2) is 9.97 Å². The van der Waals surface area contributed by atoms with E-state index in [1.807, 2.05) is 36.7 Å². The predicted octanol–water partition coefficient (Wildman–Crippen LogP) is 3.37. The van der Waals surface area contributed by atoms with Gasteiger partial charge in [0, 0.05) is 30.4 Å². The van der Waals surface area contributed by atoms with Gasteiger partial charge < -0.3 is 19.7 Å². The van der Waals surface area contributed by atoms with Crippen LogP contribution in [0.3, 0.4) is 0 Å². The van der Waals surface area contributed by atoms with Gasteiger partial charge in [-0.15, -0.1) is 11.3 Å². The second kappa shape index (κ2) is 7.25. The highest BCUT2D eigenvalue weighted by Gasteiger charge is 2.20. The molecule has 0 atom stereocenters. The van der Waals surface area contributed by atoms with E-state index in [0.29, 0.717) is 6.54 Å². The molecule has 0 saturated carbocycles. The van der Waals surface area contributed by atoms with Crippen LogP contribution in [0.4, 0.5) is 11.5 Å². The minimum absolute atomic E-state index is 0.186.